The summed E-state index contributed by atoms with van der Waals surface area (Å²) in [5, 5.41) is 26.2. The van der Waals surface area contributed by atoms with E-state index in [1.807, 2.05) is 6.20 Å². The molecule has 3 atom stereocenters. The van der Waals surface area contributed by atoms with Crippen molar-refractivity contribution in [3.05, 3.63) is 63.6 Å². The summed E-state index contributed by atoms with van der Waals surface area (Å²) in [6.07, 6.45) is 2.04. The maximum Gasteiger partial charge on any atom is 0.231 e. The summed E-state index contributed by atoms with van der Waals surface area (Å²) in [7, 11) is 4.15. The van der Waals surface area contributed by atoms with Crippen molar-refractivity contribution in [2.24, 2.45) is 5.92 Å². The van der Waals surface area contributed by atoms with Gasteiger partial charge in [0.1, 0.15) is 22.1 Å². The van der Waals surface area contributed by atoms with Gasteiger partial charge < -0.3 is 39.0 Å². The van der Waals surface area contributed by atoms with Gasteiger partial charge in [0.15, 0.2) is 33.9 Å². The fraction of sp³-hybridized carbons (Fsp3) is 0.394. The van der Waals surface area contributed by atoms with E-state index in [1.54, 1.807) is 18.7 Å². The van der Waals surface area contributed by atoms with E-state index in [-0.39, 0.29) is 57.7 Å². The van der Waals surface area contributed by atoms with Crippen LogP contribution in [0.25, 0.3) is 0 Å². The maximum atomic E-state index is 14.3. The van der Waals surface area contributed by atoms with Crippen LogP contribution in [-0.4, -0.2) is 76.5 Å². The van der Waals surface area contributed by atoms with Gasteiger partial charge in [-0.2, -0.15) is 0 Å². The quantitative estimate of drug-likeness (QED) is 0.273. The SMILES string of the molecule is COc1cc(C(CC(=O)NCCc2cn3c(n2)SCC3)C2=C(O)[C@@]3(Oc4c(Cl)c(OC)cc(OC)c4C3=O)[C@H](C)CC2=O)ccc1O. The minimum Gasteiger partial charge on any atom is -0.507 e. The van der Waals surface area contributed by atoms with Gasteiger partial charge in [-0.25, -0.2) is 4.98 Å². The number of carbonyl (C=O) groups is 3. The van der Waals surface area contributed by atoms with Crippen LogP contribution in [0.4, 0.5) is 0 Å². The molecule has 1 unspecified atom stereocenters. The molecule has 1 spiro atoms. The Morgan fingerprint density at radius 2 is 1.91 bits per heavy atom. The Kier molecular flexibility index (Phi) is 8.79. The second kappa shape index (κ2) is 12.7. The first-order chi connectivity index (χ1) is 22.5. The number of phenols is 1. The number of aryl methyl sites for hydroxylation is 1. The topological polar surface area (TPSA) is 158 Å². The summed E-state index contributed by atoms with van der Waals surface area (Å²) >= 11 is 8.27. The standard InChI is InChI=1S/C33H34ClN3O9S/c1-16-11-21(39)26(30(41)33(16)31(42)27-23(44-3)14-24(45-4)28(34)29(27)46-33)19(17-5-6-20(38)22(12-17)43-2)13-25(40)35-8-7-18-15-37-9-10-47-32(37)36-18/h5-6,12,14-16,19,38,41H,7-11,13H2,1-4H3,(H,35,40)/t16-,19?,33+/m1/s1. The van der Waals surface area contributed by atoms with Gasteiger partial charge >= 0.3 is 0 Å². The number of ketones is 2. The number of amides is 1. The molecule has 1 aromatic heterocycles. The number of halogens is 1. The molecule has 12 nitrogen and oxygen atoms in total. The molecule has 6 rings (SSSR count). The van der Waals surface area contributed by atoms with Crippen LogP contribution in [0, 0.1) is 5.92 Å². The van der Waals surface area contributed by atoms with Gasteiger partial charge in [-0.1, -0.05) is 36.4 Å². The number of aromatic nitrogens is 2. The number of benzene rings is 2. The predicted molar refractivity (Wildman–Crippen MR) is 172 cm³/mol. The number of fused-ring (bicyclic) bond motifs is 2. The third kappa shape index (κ3) is 5.44. The van der Waals surface area contributed by atoms with Crippen molar-refractivity contribution in [3.8, 4) is 28.7 Å². The van der Waals surface area contributed by atoms with Gasteiger partial charge in [0.2, 0.25) is 17.3 Å². The second-order valence-corrected chi connectivity index (χ2v) is 13.0. The number of carbonyl (C=O) groups excluding carboxylic acids is 3. The van der Waals surface area contributed by atoms with E-state index in [9.17, 15) is 24.6 Å². The lowest BCUT2D eigenvalue weighted by Crippen LogP contribution is -2.53. The molecule has 2 aromatic carbocycles. The van der Waals surface area contributed by atoms with Crippen LogP contribution >= 0.6 is 23.4 Å². The Labute approximate surface area is 280 Å². The molecule has 0 bridgehead atoms. The number of phenolic OH excluding ortho intramolecular Hbond substituents is 1. The Bertz CT molecular complexity index is 1800. The van der Waals surface area contributed by atoms with Gasteiger partial charge in [-0.15, -0.1) is 0 Å². The average molecular weight is 684 g/mol. The highest BCUT2D eigenvalue weighted by Gasteiger charge is 2.61. The van der Waals surface area contributed by atoms with Gasteiger partial charge in [0.25, 0.3) is 0 Å². The zero-order valence-electron chi connectivity index (χ0n) is 26.2. The van der Waals surface area contributed by atoms with E-state index >= 15 is 0 Å². The minimum absolute atomic E-state index is 0.00714. The number of hydrogen-bond donors (Lipinski definition) is 3. The Morgan fingerprint density at radius 3 is 2.62 bits per heavy atom. The monoisotopic (exact) mass is 683 g/mol. The Hall–Kier alpha value is -4.36. The number of thioether (sulfide) groups is 1. The van der Waals surface area contributed by atoms with Gasteiger partial charge in [0, 0.05) is 67.8 Å². The molecular formula is C33H34ClN3O9S. The van der Waals surface area contributed by atoms with Crippen molar-refractivity contribution in [2.75, 3.05) is 33.6 Å². The van der Waals surface area contributed by atoms with E-state index < -0.39 is 40.7 Å². The molecule has 3 heterocycles. The van der Waals surface area contributed by atoms with Gasteiger partial charge in [-0.05, 0) is 17.7 Å². The minimum atomic E-state index is -2.02. The summed E-state index contributed by atoms with van der Waals surface area (Å²) in [5.41, 5.74) is -0.915. The Balaban J connectivity index is 1.38. The number of nitrogens with one attached hydrogen (secondary N) is 1. The number of Topliss-reactive ketones (excluding diaryl/α,β-unsaturated/α-hetero) is 2. The highest BCUT2D eigenvalue weighted by atomic mass is 35.5. The van der Waals surface area contributed by atoms with Crippen LogP contribution in [-0.2, 0) is 22.6 Å². The van der Waals surface area contributed by atoms with Crippen LogP contribution in [0.3, 0.4) is 0 Å². The molecule has 1 amide bonds. The first-order valence-electron chi connectivity index (χ1n) is 15.0. The molecule has 248 valence electrons. The van der Waals surface area contributed by atoms with Crippen molar-refractivity contribution >= 4 is 40.8 Å². The van der Waals surface area contributed by atoms with Crippen LogP contribution in [0.2, 0.25) is 5.02 Å². The van der Waals surface area contributed by atoms with Gasteiger partial charge in [0.05, 0.1) is 27.0 Å². The van der Waals surface area contributed by atoms with E-state index in [4.69, 9.17) is 30.5 Å². The second-order valence-electron chi connectivity index (χ2n) is 11.6. The third-order valence-electron chi connectivity index (χ3n) is 8.91. The molecule has 0 saturated heterocycles. The number of imidazole rings is 1. The fourth-order valence-electron chi connectivity index (χ4n) is 6.51. The molecule has 14 heteroatoms. The van der Waals surface area contributed by atoms with Gasteiger partial charge in [-0.3, -0.25) is 14.4 Å². The van der Waals surface area contributed by atoms with Crippen LogP contribution < -0.4 is 24.3 Å². The number of allylic oxidation sites excluding steroid dienone is 1. The third-order valence-corrected chi connectivity index (χ3v) is 10.2. The number of aliphatic hydroxyl groups is 1. The van der Waals surface area contributed by atoms with Crippen LogP contribution in [0.15, 0.2) is 47.0 Å². The molecule has 0 saturated carbocycles. The highest BCUT2D eigenvalue weighted by Crippen LogP contribution is 2.56. The number of aliphatic hydroxyl groups excluding tert-OH is 1. The van der Waals surface area contributed by atoms with E-state index in [0.717, 1.165) is 23.1 Å². The fourth-order valence-corrected chi connectivity index (χ4v) is 7.73. The molecule has 47 heavy (non-hydrogen) atoms. The highest BCUT2D eigenvalue weighted by molar-refractivity contribution is 7.99. The zero-order chi connectivity index (χ0) is 33.6. The summed E-state index contributed by atoms with van der Waals surface area (Å²) in [4.78, 5) is 46.2. The zero-order valence-corrected chi connectivity index (χ0v) is 27.8. The lowest BCUT2D eigenvalue weighted by atomic mass is 9.69. The molecule has 3 aliphatic rings. The summed E-state index contributed by atoms with van der Waals surface area (Å²) in [6.45, 7) is 2.82. The number of nitrogens with zero attached hydrogens (tertiary/aromatic N) is 2. The van der Waals surface area contributed by atoms with Crippen molar-refractivity contribution in [1.29, 1.82) is 0 Å². The first-order valence-corrected chi connectivity index (χ1v) is 16.4. The molecular weight excluding hydrogens is 650 g/mol. The van der Waals surface area contributed by atoms with E-state index in [1.165, 1.54) is 45.6 Å². The van der Waals surface area contributed by atoms with Crippen molar-refractivity contribution in [3.63, 3.8) is 0 Å². The molecule has 3 aromatic rings. The lowest BCUT2D eigenvalue weighted by Gasteiger charge is -2.38. The van der Waals surface area contributed by atoms with E-state index in [0.29, 0.717) is 18.5 Å². The first kappa shape index (κ1) is 32.6. The van der Waals surface area contributed by atoms with Crippen molar-refractivity contribution in [1.82, 2.24) is 14.9 Å². The molecule has 1 aliphatic carbocycles. The molecule has 0 radical (unpaired) electrons. The van der Waals surface area contributed by atoms with Crippen LogP contribution in [0.1, 0.15) is 47.3 Å². The van der Waals surface area contributed by atoms with Crippen molar-refractivity contribution < 1.29 is 43.5 Å². The summed E-state index contributed by atoms with van der Waals surface area (Å²) in [6, 6.07) is 5.86. The number of methoxy groups -OCH3 is 3. The molecule has 0 fully saturated rings. The summed E-state index contributed by atoms with van der Waals surface area (Å²) in [5.74, 6) is -2.75. The predicted octanol–water partition coefficient (Wildman–Crippen LogP) is 4.64. The number of rotatable bonds is 10. The number of ether oxygens (including phenoxy) is 4. The average Bonchev–Trinajstić information content (AvgIpc) is 3.74. The van der Waals surface area contributed by atoms with Crippen molar-refractivity contribution in [2.45, 2.75) is 49.4 Å². The Morgan fingerprint density at radius 1 is 1.17 bits per heavy atom. The van der Waals surface area contributed by atoms with Crippen LogP contribution in [0.5, 0.6) is 28.7 Å². The maximum absolute atomic E-state index is 14.3. The molecule has 2 aliphatic heterocycles. The number of hydrogen-bond acceptors (Lipinski definition) is 11. The molecule has 3 N–H and O–H groups in total. The largest absolute Gasteiger partial charge is 0.507 e. The number of aromatic hydroxyl groups is 1. The lowest BCUT2D eigenvalue weighted by molar-refractivity contribution is -0.121. The van der Waals surface area contributed by atoms with E-state index in [2.05, 4.69) is 14.9 Å². The smallest absolute Gasteiger partial charge is 0.231 e. The summed E-state index contributed by atoms with van der Waals surface area (Å²) < 4.78 is 24.5. The normalized spacial score (nSPS) is 20.6.